The van der Waals surface area contributed by atoms with Crippen molar-refractivity contribution in [1.82, 2.24) is 5.16 Å². The van der Waals surface area contributed by atoms with Crippen molar-refractivity contribution in [2.45, 2.75) is 6.92 Å². The number of thiol groups is 1. The Kier molecular flexibility index (Phi) is 4.35. The number of aromatic nitrogens is 1. The molecule has 1 N–H and O–H groups in total. The van der Waals surface area contributed by atoms with Crippen molar-refractivity contribution in [2.24, 2.45) is 0 Å². The first-order chi connectivity index (χ1) is 11.5. The highest BCUT2D eigenvalue weighted by Gasteiger charge is 2.22. The van der Waals surface area contributed by atoms with Crippen LogP contribution in [0.15, 0.2) is 47.0 Å². The third kappa shape index (κ3) is 3.03. The molecule has 0 saturated heterocycles. The zero-order valence-corrected chi connectivity index (χ0v) is 14.5. The summed E-state index contributed by atoms with van der Waals surface area (Å²) in [6.45, 7) is 1.99. The van der Waals surface area contributed by atoms with E-state index in [1.807, 2.05) is 62.3 Å². The fourth-order valence-electron chi connectivity index (χ4n) is 2.39. The molecule has 24 heavy (non-hydrogen) atoms. The van der Waals surface area contributed by atoms with Gasteiger partial charge in [-0.15, -0.1) is 0 Å². The van der Waals surface area contributed by atoms with Gasteiger partial charge in [0, 0.05) is 19.8 Å². The second-order valence-electron chi connectivity index (χ2n) is 5.66. The van der Waals surface area contributed by atoms with Gasteiger partial charge < -0.3 is 14.7 Å². The molecule has 0 aliphatic carbocycles. The molecule has 1 heterocycles. The minimum Gasteiger partial charge on any atom is -0.377 e. The Morgan fingerprint density at radius 3 is 2.54 bits per heavy atom. The predicted octanol–water partition coefficient (Wildman–Crippen LogP) is 4.09. The van der Waals surface area contributed by atoms with Crippen LogP contribution in [0.5, 0.6) is 0 Å². The van der Waals surface area contributed by atoms with Crippen LogP contribution in [0.3, 0.4) is 0 Å². The average molecular weight is 342 g/mol. The number of carbonyl (C=O) groups excluding carboxylic acids is 1. The molecule has 124 valence electrons. The Balaban J connectivity index is 1.92. The lowest BCUT2D eigenvalue weighted by molar-refractivity contribution is 0.260. The number of amides is 2. The number of aryl methyl sites for hydroxylation is 1. The maximum atomic E-state index is 12.5. The minimum atomic E-state index is -0.411. The van der Waals surface area contributed by atoms with E-state index in [1.54, 1.807) is 6.07 Å². The molecule has 3 rings (SSSR count). The van der Waals surface area contributed by atoms with Crippen LogP contribution in [0.25, 0.3) is 11.0 Å². The quantitative estimate of drug-likeness (QED) is 0.704. The van der Waals surface area contributed by atoms with E-state index in [-0.39, 0.29) is 0 Å². The van der Waals surface area contributed by atoms with Gasteiger partial charge >= 0.3 is 6.03 Å². The molecule has 0 saturated carbocycles. The summed E-state index contributed by atoms with van der Waals surface area (Å²) >= 11 is 4.30. The van der Waals surface area contributed by atoms with Crippen molar-refractivity contribution in [3.63, 3.8) is 0 Å². The number of fused-ring (bicyclic) bond motifs is 1. The molecule has 1 aromatic heterocycles. The highest BCUT2D eigenvalue weighted by molar-refractivity contribution is 7.82. The van der Waals surface area contributed by atoms with Crippen LogP contribution in [0, 0.1) is 6.92 Å². The minimum absolute atomic E-state index is 0.349. The zero-order valence-electron chi connectivity index (χ0n) is 13.6. The smallest absolute Gasteiger partial charge is 0.337 e. The number of hydrogen-bond acceptors (Lipinski definition) is 5. The van der Waals surface area contributed by atoms with E-state index in [0.717, 1.165) is 20.9 Å². The number of hydrogen-bond donors (Lipinski definition) is 2. The van der Waals surface area contributed by atoms with Gasteiger partial charge in [-0.25, -0.2) is 9.10 Å². The largest absolute Gasteiger partial charge is 0.377 e. The van der Waals surface area contributed by atoms with Gasteiger partial charge in [-0.3, -0.25) is 0 Å². The summed E-state index contributed by atoms with van der Waals surface area (Å²) in [5.74, 6) is 0.349. The number of anilines is 3. The lowest BCUT2D eigenvalue weighted by atomic mass is 10.2. The monoisotopic (exact) mass is 342 g/mol. The Bertz CT molecular complexity index is 874. The van der Waals surface area contributed by atoms with E-state index in [2.05, 4.69) is 23.3 Å². The van der Waals surface area contributed by atoms with E-state index >= 15 is 0 Å². The summed E-state index contributed by atoms with van der Waals surface area (Å²) in [6.07, 6.45) is 0. The molecule has 7 heteroatoms. The van der Waals surface area contributed by atoms with Crippen LogP contribution in [0.2, 0.25) is 0 Å². The van der Waals surface area contributed by atoms with Crippen LogP contribution >= 0.6 is 12.8 Å². The molecular formula is C17H18N4O2S. The summed E-state index contributed by atoms with van der Waals surface area (Å²) in [5.41, 5.74) is 3.29. The second kappa shape index (κ2) is 6.45. The number of carbonyl (C=O) groups is 1. The molecule has 2 amide bonds. The lowest BCUT2D eigenvalue weighted by Gasteiger charge is -2.17. The van der Waals surface area contributed by atoms with Gasteiger partial charge in [0.2, 0.25) is 0 Å². The zero-order chi connectivity index (χ0) is 17.3. The Morgan fingerprint density at radius 2 is 1.88 bits per heavy atom. The van der Waals surface area contributed by atoms with E-state index in [4.69, 9.17) is 4.52 Å². The second-order valence-corrected chi connectivity index (χ2v) is 6.06. The van der Waals surface area contributed by atoms with Crippen LogP contribution in [-0.2, 0) is 0 Å². The SMILES string of the molecule is Cc1ccc(NC(=O)N(S)c2noc3cccc(N(C)C)c23)cc1. The van der Waals surface area contributed by atoms with Crippen molar-refractivity contribution >= 4 is 47.0 Å². The summed E-state index contributed by atoms with van der Waals surface area (Å²) in [7, 11) is 3.83. The first-order valence-electron chi connectivity index (χ1n) is 7.40. The summed E-state index contributed by atoms with van der Waals surface area (Å²) in [6, 6.07) is 12.7. The molecule has 6 nitrogen and oxygen atoms in total. The van der Waals surface area contributed by atoms with Gasteiger partial charge in [0.05, 0.1) is 11.1 Å². The van der Waals surface area contributed by atoms with Crippen LogP contribution in [-0.4, -0.2) is 25.3 Å². The third-order valence-corrected chi connectivity index (χ3v) is 4.01. The molecule has 2 aromatic carbocycles. The van der Waals surface area contributed by atoms with Crippen molar-refractivity contribution in [1.29, 1.82) is 0 Å². The number of urea groups is 1. The van der Waals surface area contributed by atoms with Crippen molar-refractivity contribution in [3.05, 3.63) is 48.0 Å². The lowest BCUT2D eigenvalue weighted by Crippen LogP contribution is -2.27. The Labute approximate surface area is 145 Å². The van der Waals surface area contributed by atoms with Gasteiger partial charge in [0.15, 0.2) is 11.4 Å². The van der Waals surface area contributed by atoms with Crippen molar-refractivity contribution in [2.75, 3.05) is 28.6 Å². The normalized spacial score (nSPS) is 10.7. The molecule has 0 aliphatic rings. The summed E-state index contributed by atoms with van der Waals surface area (Å²) in [4.78, 5) is 14.4. The van der Waals surface area contributed by atoms with Crippen LogP contribution in [0.4, 0.5) is 22.0 Å². The van der Waals surface area contributed by atoms with Gasteiger partial charge in [0.1, 0.15) is 0 Å². The molecule has 0 bridgehead atoms. The van der Waals surface area contributed by atoms with Gasteiger partial charge in [-0.05, 0) is 31.2 Å². The topological polar surface area (TPSA) is 61.6 Å². The molecule has 0 unspecified atom stereocenters. The first kappa shape index (κ1) is 16.2. The highest BCUT2D eigenvalue weighted by atomic mass is 32.1. The van der Waals surface area contributed by atoms with Gasteiger partial charge in [-0.1, -0.05) is 41.7 Å². The van der Waals surface area contributed by atoms with Crippen LogP contribution < -0.4 is 14.5 Å². The molecule has 0 spiro atoms. The number of nitrogens with zero attached hydrogens (tertiary/aromatic N) is 3. The standard InChI is InChI=1S/C17H18N4O2S/c1-11-7-9-12(10-8-11)18-17(22)21(24)16-15-13(20(2)3)5-4-6-14(15)23-19-16/h4-10,24H,1-3H3,(H,18,22). The average Bonchev–Trinajstić information content (AvgIpc) is 3.00. The van der Waals surface area contributed by atoms with E-state index < -0.39 is 6.03 Å². The van der Waals surface area contributed by atoms with Crippen molar-refractivity contribution < 1.29 is 9.32 Å². The molecule has 0 fully saturated rings. The summed E-state index contributed by atoms with van der Waals surface area (Å²) < 4.78 is 6.48. The Hall–Kier alpha value is -2.67. The van der Waals surface area contributed by atoms with E-state index in [9.17, 15) is 4.79 Å². The predicted molar refractivity (Wildman–Crippen MR) is 100.0 cm³/mol. The van der Waals surface area contributed by atoms with Crippen molar-refractivity contribution in [3.8, 4) is 0 Å². The third-order valence-electron chi connectivity index (χ3n) is 3.64. The number of benzene rings is 2. The maximum Gasteiger partial charge on any atom is 0.337 e. The number of rotatable bonds is 3. The fraction of sp³-hybridized carbons (Fsp3) is 0.176. The van der Waals surface area contributed by atoms with Gasteiger partial charge in [-0.2, -0.15) is 0 Å². The molecule has 0 atom stereocenters. The Morgan fingerprint density at radius 1 is 1.17 bits per heavy atom. The molecular weight excluding hydrogens is 324 g/mol. The summed E-state index contributed by atoms with van der Waals surface area (Å²) in [5, 5.41) is 7.52. The maximum absolute atomic E-state index is 12.5. The molecule has 0 radical (unpaired) electrons. The number of nitrogens with one attached hydrogen (secondary N) is 1. The van der Waals surface area contributed by atoms with E-state index in [1.165, 1.54) is 0 Å². The molecule has 0 aliphatic heterocycles. The highest BCUT2D eigenvalue weighted by Crippen LogP contribution is 2.35. The molecule has 3 aromatic rings. The fourth-order valence-corrected chi connectivity index (χ4v) is 2.57. The van der Waals surface area contributed by atoms with Crippen LogP contribution in [0.1, 0.15) is 5.56 Å². The van der Waals surface area contributed by atoms with E-state index in [0.29, 0.717) is 17.1 Å². The first-order valence-corrected chi connectivity index (χ1v) is 7.80. The van der Waals surface area contributed by atoms with Gasteiger partial charge in [0.25, 0.3) is 0 Å².